The minimum atomic E-state index is -0.265. The van der Waals surface area contributed by atoms with Gasteiger partial charge in [-0.2, -0.15) is 0 Å². The average Bonchev–Trinajstić information content (AvgIpc) is 2.97. The van der Waals surface area contributed by atoms with Gasteiger partial charge in [0, 0.05) is 40.2 Å². The summed E-state index contributed by atoms with van der Waals surface area (Å²) in [5, 5.41) is -0.265. The van der Waals surface area contributed by atoms with Crippen LogP contribution in [0, 0.1) is 28.6 Å². The Balaban J connectivity index is 1.63. The first-order valence-electron chi connectivity index (χ1n) is 10.1. The van der Waals surface area contributed by atoms with Crippen LogP contribution in [0.2, 0.25) is 0 Å². The lowest BCUT2D eigenvalue weighted by Gasteiger charge is -2.57. The van der Waals surface area contributed by atoms with Crippen LogP contribution in [0.1, 0.15) is 58.3 Å². The van der Waals surface area contributed by atoms with Crippen LogP contribution in [0.25, 0.3) is 0 Å². The zero-order chi connectivity index (χ0) is 19.2. The summed E-state index contributed by atoms with van der Waals surface area (Å²) in [5.74, 6) is 3.17. The van der Waals surface area contributed by atoms with E-state index in [1.165, 1.54) is 23.5 Å². The van der Waals surface area contributed by atoms with Crippen molar-refractivity contribution in [3.05, 3.63) is 11.6 Å². The first-order valence-corrected chi connectivity index (χ1v) is 12.4. The summed E-state index contributed by atoms with van der Waals surface area (Å²) in [6.07, 6.45) is 9.32. The van der Waals surface area contributed by atoms with Gasteiger partial charge in [-0.15, -0.1) is 0 Å². The average molecular weight is 409 g/mol. The van der Waals surface area contributed by atoms with E-state index in [2.05, 4.69) is 6.92 Å². The number of hydrogen-bond donors (Lipinski definition) is 0. The van der Waals surface area contributed by atoms with Crippen molar-refractivity contribution < 1.29 is 19.1 Å². The van der Waals surface area contributed by atoms with Crippen molar-refractivity contribution in [2.45, 2.75) is 58.3 Å². The second-order valence-corrected chi connectivity index (χ2v) is 11.2. The molecule has 4 aliphatic rings. The van der Waals surface area contributed by atoms with E-state index in [4.69, 9.17) is 4.74 Å². The fourth-order valence-corrected chi connectivity index (χ4v) is 8.90. The predicted octanol–water partition coefficient (Wildman–Crippen LogP) is 5.22. The number of methoxy groups -OCH3 is 1. The Hall–Kier alpha value is -0.750. The number of carbonyl (C=O) groups is 3. The number of ketones is 2. The normalized spacial score (nSPS) is 40.7. The SMILES string of the molecule is COC(=O)SSC[C@]12CCC(=O)C=C1CC[C@@H]1[C@@H]2CC[C@]2(C)C(=O)CC[C@@H]12. The highest BCUT2D eigenvalue weighted by molar-refractivity contribution is 8.82. The van der Waals surface area contributed by atoms with Crippen LogP contribution in [0.5, 0.6) is 0 Å². The Morgan fingerprint density at radius 3 is 2.74 bits per heavy atom. The molecule has 3 saturated carbocycles. The Morgan fingerprint density at radius 2 is 1.96 bits per heavy atom. The molecule has 0 heterocycles. The Bertz CT molecular complexity index is 702. The summed E-state index contributed by atoms with van der Waals surface area (Å²) < 4.78 is 4.78. The zero-order valence-corrected chi connectivity index (χ0v) is 17.8. The molecule has 0 unspecified atom stereocenters. The van der Waals surface area contributed by atoms with Crippen LogP contribution in [0.4, 0.5) is 4.79 Å². The molecule has 0 saturated heterocycles. The van der Waals surface area contributed by atoms with Crippen molar-refractivity contribution in [2.24, 2.45) is 28.6 Å². The molecule has 0 amide bonds. The van der Waals surface area contributed by atoms with E-state index < -0.39 is 0 Å². The Kier molecular flexibility index (Phi) is 5.25. The summed E-state index contributed by atoms with van der Waals surface area (Å²) in [6.45, 7) is 2.20. The van der Waals surface area contributed by atoms with Gasteiger partial charge in [-0.05, 0) is 62.4 Å². The van der Waals surface area contributed by atoms with E-state index in [-0.39, 0.29) is 21.9 Å². The maximum atomic E-state index is 12.6. The maximum Gasteiger partial charge on any atom is 0.377 e. The molecule has 0 radical (unpaired) electrons. The molecule has 0 spiro atoms. The highest BCUT2D eigenvalue weighted by Gasteiger charge is 2.60. The van der Waals surface area contributed by atoms with Gasteiger partial charge in [0.05, 0.1) is 7.11 Å². The van der Waals surface area contributed by atoms with Gasteiger partial charge in [0.15, 0.2) is 5.78 Å². The number of rotatable bonds is 3. The van der Waals surface area contributed by atoms with E-state index in [0.717, 1.165) is 50.7 Å². The number of hydrogen-bond acceptors (Lipinski definition) is 6. The van der Waals surface area contributed by atoms with Gasteiger partial charge in [-0.1, -0.05) is 23.3 Å². The van der Waals surface area contributed by atoms with Crippen LogP contribution >= 0.6 is 21.6 Å². The van der Waals surface area contributed by atoms with Crippen molar-refractivity contribution in [2.75, 3.05) is 12.9 Å². The van der Waals surface area contributed by atoms with Crippen LogP contribution in [0.15, 0.2) is 11.6 Å². The van der Waals surface area contributed by atoms with Crippen LogP contribution in [0.3, 0.4) is 0 Å². The number of Topliss-reactive ketones (excluding diaryl/α,β-unsaturated/α-hetero) is 1. The highest BCUT2D eigenvalue weighted by Crippen LogP contribution is 2.65. The number of allylic oxidation sites excluding steroid dienone is 1. The summed E-state index contributed by atoms with van der Waals surface area (Å²) in [6, 6.07) is 0. The lowest BCUT2D eigenvalue weighted by Crippen LogP contribution is -2.52. The van der Waals surface area contributed by atoms with E-state index in [1.54, 1.807) is 10.8 Å². The summed E-state index contributed by atoms with van der Waals surface area (Å²) in [5.41, 5.74) is 1.20. The quantitative estimate of drug-likeness (QED) is 0.472. The lowest BCUT2D eigenvalue weighted by atomic mass is 9.47. The molecule has 4 aliphatic carbocycles. The topological polar surface area (TPSA) is 60.4 Å². The van der Waals surface area contributed by atoms with E-state index in [9.17, 15) is 14.4 Å². The molecule has 148 valence electrons. The highest BCUT2D eigenvalue weighted by atomic mass is 33.1. The van der Waals surface area contributed by atoms with Crippen LogP contribution < -0.4 is 0 Å². The molecule has 0 aliphatic heterocycles. The molecule has 3 fully saturated rings. The third-order valence-corrected chi connectivity index (χ3v) is 10.2. The molecule has 6 heteroatoms. The minimum absolute atomic E-state index is 0.00941. The van der Waals surface area contributed by atoms with Gasteiger partial charge in [0.2, 0.25) is 0 Å². The fourth-order valence-electron chi connectivity index (χ4n) is 6.62. The fraction of sp³-hybridized carbons (Fsp3) is 0.762. The van der Waals surface area contributed by atoms with Gasteiger partial charge in [0.25, 0.3) is 0 Å². The molecule has 4 rings (SSSR count). The molecule has 5 atom stereocenters. The summed E-state index contributed by atoms with van der Waals surface area (Å²) in [7, 11) is 4.15. The van der Waals surface area contributed by atoms with Crippen LogP contribution in [-0.2, 0) is 14.3 Å². The predicted molar refractivity (Wildman–Crippen MR) is 108 cm³/mol. The molecular weight excluding hydrogens is 380 g/mol. The van der Waals surface area contributed by atoms with E-state index >= 15 is 0 Å². The lowest BCUT2D eigenvalue weighted by molar-refractivity contribution is -0.132. The second kappa shape index (κ2) is 7.25. The molecule has 0 aromatic rings. The van der Waals surface area contributed by atoms with Gasteiger partial charge in [-0.25, -0.2) is 4.79 Å². The standard InChI is InChI=1S/C21H28O4S2/c1-20-9-8-17-15(16(20)5-6-18(20)23)4-3-13-11-14(22)7-10-21(13,17)12-26-27-19(24)25-2/h11,15-17H,3-10,12H2,1-2H3/t15-,16-,17-,20-,21+/m0/s1. The Labute approximate surface area is 169 Å². The Morgan fingerprint density at radius 1 is 1.15 bits per heavy atom. The third-order valence-electron chi connectivity index (χ3n) is 8.01. The largest absolute Gasteiger partial charge is 0.460 e. The molecule has 0 N–H and O–H groups in total. The third kappa shape index (κ3) is 3.11. The molecule has 0 aromatic heterocycles. The van der Waals surface area contributed by atoms with Gasteiger partial charge in [0.1, 0.15) is 5.78 Å². The van der Waals surface area contributed by atoms with E-state index in [0.29, 0.717) is 30.0 Å². The maximum absolute atomic E-state index is 12.6. The summed E-state index contributed by atoms with van der Waals surface area (Å²) in [4.78, 5) is 36.3. The van der Waals surface area contributed by atoms with E-state index in [1.807, 2.05) is 6.08 Å². The number of ether oxygens (including phenoxy) is 1. The molecular formula is C21H28O4S2. The first-order chi connectivity index (χ1) is 12.9. The smallest absolute Gasteiger partial charge is 0.377 e. The zero-order valence-electron chi connectivity index (χ0n) is 16.1. The molecule has 4 nitrogen and oxygen atoms in total. The second-order valence-electron chi connectivity index (χ2n) is 8.93. The van der Waals surface area contributed by atoms with Crippen molar-refractivity contribution in [1.82, 2.24) is 0 Å². The molecule has 0 aromatic carbocycles. The van der Waals surface area contributed by atoms with Gasteiger partial charge >= 0.3 is 5.30 Å². The summed E-state index contributed by atoms with van der Waals surface area (Å²) >= 11 is 0. The van der Waals surface area contributed by atoms with Crippen molar-refractivity contribution >= 4 is 38.5 Å². The van der Waals surface area contributed by atoms with Gasteiger partial charge in [-0.3, -0.25) is 9.59 Å². The van der Waals surface area contributed by atoms with Gasteiger partial charge < -0.3 is 4.74 Å². The molecule has 0 bridgehead atoms. The molecule has 27 heavy (non-hydrogen) atoms. The minimum Gasteiger partial charge on any atom is -0.460 e. The van der Waals surface area contributed by atoms with Crippen molar-refractivity contribution in [1.29, 1.82) is 0 Å². The van der Waals surface area contributed by atoms with Crippen molar-refractivity contribution in [3.8, 4) is 0 Å². The van der Waals surface area contributed by atoms with Crippen molar-refractivity contribution in [3.63, 3.8) is 0 Å². The van der Waals surface area contributed by atoms with Crippen LogP contribution in [-0.4, -0.2) is 29.7 Å². The first kappa shape index (κ1) is 19.6. The number of carbonyl (C=O) groups excluding carboxylic acids is 3. The monoisotopic (exact) mass is 408 g/mol. The number of fused-ring (bicyclic) bond motifs is 5.